The highest BCUT2D eigenvalue weighted by molar-refractivity contribution is 6.31. The third-order valence-corrected chi connectivity index (χ3v) is 1.85. The van der Waals surface area contributed by atoms with Gasteiger partial charge in [0.1, 0.15) is 0 Å². The highest BCUT2D eigenvalue weighted by Crippen LogP contribution is 2.31. The van der Waals surface area contributed by atoms with E-state index in [1.807, 2.05) is 0 Å². The molecule has 0 fully saturated rings. The monoisotopic (exact) mass is 252 g/mol. The molecule has 0 aliphatic rings. The van der Waals surface area contributed by atoms with Gasteiger partial charge >= 0.3 is 6.18 Å². The summed E-state index contributed by atoms with van der Waals surface area (Å²) in [5, 5.41) is 9.68. The molecule has 1 aromatic heterocycles. The number of nitro groups is 1. The summed E-state index contributed by atoms with van der Waals surface area (Å²) >= 11 is 5.48. The van der Waals surface area contributed by atoms with E-state index < -0.39 is 16.7 Å². The Hall–Kier alpha value is -1.63. The van der Waals surface area contributed by atoms with Crippen LogP contribution in [0.4, 0.5) is 13.2 Å². The van der Waals surface area contributed by atoms with Gasteiger partial charge < -0.3 is 0 Å². The molecule has 0 bridgehead atoms. The van der Waals surface area contributed by atoms with Crippen LogP contribution in [-0.4, -0.2) is 9.91 Å². The number of rotatable bonds is 2. The van der Waals surface area contributed by atoms with Gasteiger partial charge in [0.05, 0.1) is 21.2 Å². The van der Waals surface area contributed by atoms with Gasteiger partial charge in [-0.15, -0.1) is 0 Å². The first-order valence-corrected chi connectivity index (χ1v) is 4.23. The van der Waals surface area contributed by atoms with Crippen LogP contribution in [0.25, 0.3) is 6.08 Å². The SMILES string of the molecule is O=[N+]([O-])C=Cc1ncc(C(F)(F)F)cc1Cl. The molecule has 0 saturated heterocycles. The summed E-state index contributed by atoms with van der Waals surface area (Å²) < 4.78 is 36.6. The van der Waals surface area contributed by atoms with E-state index in [1.54, 1.807) is 0 Å². The molecule has 0 atom stereocenters. The Morgan fingerprint density at radius 3 is 2.56 bits per heavy atom. The Balaban J connectivity index is 3.05. The predicted molar refractivity (Wildman–Crippen MR) is 50.3 cm³/mol. The second kappa shape index (κ2) is 4.48. The van der Waals surface area contributed by atoms with Crippen LogP contribution >= 0.6 is 11.6 Å². The maximum Gasteiger partial charge on any atom is 0.417 e. The Kier molecular flexibility index (Phi) is 3.48. The minimum absolute atomic E-state index is 0.0913. The van der Waals surface area contributed by atoms with Crippen molar-refractivity contribution in [3.05, 3.63) is 44.9 Å². The van der Waals surface area contributed by atoms with Gasteiger partial charge in [-0.3, -0.25) is 15.1 Å². The topological polar surface area (TPSA) is 56.0 Å². The molecule has 0 amide bonds. The molecule has 1 rings (SSSR count). The number of hydrogen-bond acceptors (Lipinski definition) is 3. The van der Waals surface area contributed by atoms with Crippen molar-refractivity contribution in [3.63, 3.8) is 0 Å². The first-order chi connectivity index (χ1) is 7.30. The smallest absolute Gasteiger partial charge is 0.259 e. The molecule has 1 heterocycles. The van der Waals surface area contributed by atoms with E-state index in [-0.39, 0.29) is 10.7 Å². The van der Waals surface area contributed by atoms with Crippen molar-refractivity contribution in [3.8, 4) is 0 Å². The standard InChI is InChI=1S/C8H4ClF3N2O2/c9-6-3-5(8(10,11)12)4-13-7(6)1-2-14(15)16/h1-4H. The van der Waals surface area contributed by atoms with Gasteiger partial charge in [0.15, 0.2) is 0 Å². The van der Waals surface area contributed by atoms with E-state index in [0.717, 1.165) is 6.08 Å². The third kappa shape index (κ3) is 3.20. The number of pyridine rings is 1. The van der Waals surface area contributed by atoms with E-state index in [9.17, 15) is 23.3 Å². The van der Waals surface area contributed by atoms with Gasteiger partial charge in [0, 0.05) is 12.3 Å². The largest absolute Gasteiger partial charge is 0.417 e. The number of aromatic nitrogens is 1. The molecule has 0 N–H and O–H groups in total. The lowest BCUT2D eigenvalue weighted by atomic mass is 10.2. The van der Waals surface area contributed by atoms with Gasteiger partial charge in [0.25, 0.3) is 0 Å². The van der Waals surface area contributed by atoms with Crippen molar-refractivity contribution in [1.82, 2.24) is 4.98 Å². The van der Waals surface area contributed by atoms with Crippen molar-refractivity contribution < 1.29 is 18.1 Å². The summed E-state index contributed by atoms with van der Waals surface area (Å²) in [5.41, 5.74) is -1.10. The van der Waals surface area contributed by atoms with Crippen molar-refractivity contribution in [1.29, 1.82) is 0 Å². The number of hydrogen-bond donors (Lipinski definition) is 0. The summed E-state index contributed by atoms with van der Waals surface area (Å²) in [6.45, 7) is 0. The lowest BCUT2D eigenvalue weighted by Crippen LogP contribution is -2.05. The third-order valence-electron chi connectivity index (χ3n) is 1.55. The van der Waals surface area contributed by atoms with E-state index >= 15 is 0 Å². The van der Waals surface area contributed by atoms with Crippen LogP contribution in [0.15, 0.2) is 18.5 Å². The van der Waals surface area contributed by atoms with E-state index in [1.165, 1.54) is 0 Å². The first kappa shape index (κ1) is 12.4. The van der Waals surface area contributed by atoms with E-state index in [2.05, 4.69) is 4.98 Å². The molecule has 16 heavy (non-hydrogen) atoms. The summed E-state index contributed by atoms with van der Waals surface area (Å²) in [5.74, 6) is 0. The molecule has 0 saturated carbocycles. The Labute approximate surface area is 92.5 Å². The molecular formula is C8H4ClF3N2O2. The number of halogens is 4. The summed E-state index contributed by atoms with van der Waals surface area (Å²) in [6.07, 6.45) is -2.52. The average molecular weight is 253 g/mol. The van der Waals surface area contributed by atoms with Crippen molar-refractivity contribution in [2.75, 3.05) is 0 Å². The van der Waals surface area contributed by atoms with Crippen LogP contribution < -0.4 is 0 Å². The van der Waals surface area contributed by atoms with Gasteiger partial charge in [-0.25, -0.2) is 0 Å². The van der Waals surface area contributed by atoms with Crippen LogP contribution in [0.1, 0.15) is 11.3 Å². The van der Waals surface area contributed by atoms with E-state index in [4.69, 9.17) is 11.6 Å². The van der Waals surface area contributed by atoms with Crippen molar-refractivity contribution in [2.45, 2.75) is 6.18 Å². The van der Waals surface area contributed by atoms with Gasteiger partial charge in [-0.1, -0.05) is 11.6 Å². The summed E-state index contributed by atoms with van der Waals surface area (Å²) in [7, 11) is 0. The fourth-order valence-corrected chi connectivity index (χ4v) is 1.09. The zero-order chi connectivity index (χ0) is 12.3. The van der Waals surface area contributed by atoms with Crippen LogP contribution in [0.5, 0.6) is 0 Å². The minimum atomic E-state index is -4.54. The van der Waals surface area contributed by atoms with Crippen LogP contribution in [0.3, 0.4) is 0 Å². The maximum absolute atomic E-state index is 12.2. The fourth-order valence-electron chi connectivity index (χ4n) is 0.858. The molecule has 86 valence electrons. The summed E-state index contributed by atoms with van der Waals surface area (Å²) in [4.78, 5) is 12.6. The number of alkyl halides is 3. The molecule has 0 radical (unpaired) electrons. The zero-order valence-electron chi connectivity index (χ0n) is 7.53. The molecular weight excluding hydrogens is 249 g/mol. The van der Waals surface area contributed by atoms with E-state index in [0.29, 0.717) is 18.5 Å². The lowest BCUT2D eigenvalue weighted by Gasteiger charge is -2.06. The highest BCUT2D eigenvalue weighted by Gasteiger charge is 2.31. The highest BCUT2D eigenvalue weighted by atomic mass is 35.5. The molecule has 0 unspecified atom stereocenters. The maximum atomic E-state index is 12.2. The Morgan fingerprint density at radius 1 is 1.50 bits per heavy atom. The molecule has 8 heteroatoms. The normalized spacial score (nSPS) is 12.0. The van der Waals surface area contributed by atoms with Gasteiger partial charge in [-0.05, 0) is 6.07 Å². The molecule has 4 nitrogen and oxygen atoms in total. The van der Waals surface area contributed by atoms with Gasteiger partial charge in [0.2, 0.25) is 6.20 Å². The zero-order valence-corrected chi connectivity index (χ0v) is 8.29. The Morgan fingerprint density at radius 2 is 2.12 bits per heavy atom. The van der Waals surface area contributed by atoms with Crippen molar-refractivity contribution in [2.24, 2.45) is 0 Å². The van der Waals surface area contributed by atoms with Gasteiger partial charge in [-0.2, -0.15) is 13.2 Å². The molecule has 0 aliphatic carbocycles. The summed E-state index contributed by atoms with van der Waals surface area (Å²) in [6, 6.07) is 0.661. The van der Waals surface area contributed by atoms with Crippen LogP contribution in [0, 0.1) is 10.1 Å². The number of nitrogens with zero attached hydrogens (tertiary/aromatic N) is 2. The average Bonchev–Trinajstić information content (AvgIpc) is 2.14. The first-order valence-electron chi connectivity index (χ1n) is 3.85. The van der Waals surface area contributed by atoms with Crippen LogP contribution in [0.2, 0.25) is 5.02 Å². The van der Waals surface area contributed by atoms with Crippen LogP contribution in [-0.2, 0) is 6.18 Å². The molecule has 0 spiro atoms. The second-order valence-corrected chi connectivity index (χ2v) is 3.10. The Bertz CT molecular complexity index is 445. The van der Waals surface area contributed by atoms with Crippen molar-refractivity contribution >= 4 is 17.7 Å². The lowest BCUT2D eigenvalue weighted by molar-refractivity contribution is -0.401. The minimum Gasteiger partial charge on any atom is -0.259 e. The second-order valence-electron chi connectivity index (χ2n) is 2.69. The molecule has 0 aromatic carbocycles. The quantitative estimate of drug-likeness (QED) is 0.600. The predicted octanol–water partition coefficient (Wildman–Crippen LogP) is 3.00. The molecule has 0 aliphatic heterocycles. The molecule has 1 aromatic rings. The fraction of sp³-hybridized carbons (Fsp3) is 0.125.